The third-order valence-electron chi connectivity index (χ3n) is 1.95. The van der Waals surface area contributed by atoms with E-state index in [1.54, 1.807) is 6.07 Å². The van der Waals surface area contributed by atoms with Gasteiger partial charge in [0.25, 0.3) is 0 Å². The third-order valence-corrected chi connectivity index (χ3v) is 2.77. The van der Waals surface area contributed by atoms with Gasteiger partial charge in [-0.05, 0) is 24.4 Å². The second-order valence-corrected chi connectivity index (χ2v) is 4.01. The molecule has 1 nitrogen and oxygen atoms in total. The van der Waals surface area contributed by atoms with Gasteiger partial charge >= 0.3 is 0 Å². The summed E-state index contributed by atoms with van der Waals surface area (Å²) in [6.45, 7) is 1.98. The molecule has 0 unspecified atom stereocenters. The molecule has 0 bridgehead atoms. The molecule has 2 heteroatoms. The summed E-state index contributed by atoms with van der Waals surface area (Å²) in [5, 5.41) is 1.86. The normalized spacial score (nSPS) is 10.1. The van der Waals surface area contributed by atoms with Crippen LogP contribution in [0.15, 0.2) is 35.7 Å². The fraction of sp³-hybridized carbons (Fsp3) is 0.0833. The number of hydrogen-bond acceptors (Lipinski definition) is 2. The van der Waals surface area contributed by atoms with E-state index in [1.165, 1.54) is 11.3 Å². The maximum Gasteiger partial charge on any atom is 0.203 e. The first kappa shape index (κ1) is 9.16. The molecule has 1 radical (unpaired) electrons. The molecule has 1 aromatic carbocycles. The van der Waals surface area contributed by atoms with Crippen molar-refractivity contribution < 1.29 is 4.79 Å². The Labute approximate surface area is 87.0 Å². The van der Waals surface area contributed by atoms with Gasteiger partial charge in [-0.3, -0.25) is 4.79 Å². The molecular weight excluding hydrogens is 192 g/mol. The lowest BCUT2D eigenvalue weighted by atomic mass is 10.1. The zero-order chi connectivity index (χ0) is 9.97. The number of hydrogen-bond donors (Lipinski definition) is 0. The minimum absolute atomic E-state index is 0.0590. The fourth-order valence-corrected chi connectivity index (χ4v) is 1.92. The Balaban J connectivity index is 2.37. The molecule has 2 aromatic rings. The summed E-state index contributed by atoms with van der Waals surface area (Å²) in [6.07, 6.45) is 0. The molecule has 0 saturated heterocycles. The fourth-order valence-electron chi connectivity index (χ4n) is 1.28. The summed E-state index contributed by atoms with van der Waals surface area (Å²) >= 11 is 1.43. The smallest absolute Gasteiger partial charge is 0.203 e. The molecule has 0 atom stereocenters. The van der Waals surface area contributed by atoms with Crippen LogP contribution in [0.5, 0.6) is 0 Å². The van der Waals surface area contributed by atoms with Crippen LogP contribution in [0.25, 0.3) is 0 Å². The number of aryl methyl sites for hydroxylation is 1. The quantitative estimate of drug-likeness (QED) is 0.682. The van der Waals surface area contributed by atoms with E-state index in [1.807, 2.05) is 36.6 Å². The second kappa shape index (κ2) is 3.76. The first-order valence-corrected chi connectivity index (χ1v) is 5.22. The maximum atomic E-state index is 11.8. The number of carbonyl (C=O) groups is 1. The van der Waals surface area contributed by atoms with Crippen molar-refractivity contribution in [3.05, 3.63) is 57.8 Å². The van der Waals surface area contributed by atoms with Crippen LogP contribution in [0.2, 0.25) is 0 Å². The summed E-state index contributed by atoms with van der Waals surface area (Å²) in [4.78, 5) is 12.5. The molecule has 14 heavy (non-hydrogen) atoms. The summed E-state index contributed by atoms with van der Waals surface area (Å²) in [5.41, 5.74) is 1.84. The van der Waals surface area contributed by atoms with Gasteiger partial charge in [-0.15, -0.1) is 11.3 Å². The summed E-state index contributed by atoms with van der Waals surface area (Å²) in [5.74, 6) is 0.0590. The molecule has 1 aromatic heterocycles. The molecule has 0 N–H and O–H groups in total. The molecule has 0 saturated carbocycles. The van der Waals surface area contributed by atoms with Gasteiger partial charge in [-0.1, -0.05) is 23.8 Å². The zero-order valence-electron chi connectivity index (χ0n) is 7.78. The minimum Gasteiger partial charge on any atom is -0.288 e. The van der Waals surface area contributed by atoms with Crippen LogP contribution in [-0.2, 0) is 0 Å². The van der Waals surface area contributed by atoms with Crippen LogP contribution >= 0.6 is 11.3 Å². The number of benzene rings is 1. The Kier molecular flexibility index (Phi) is 2.46. The largest absolute Gasteiger partial charge is 0.288 e. The van der Waals surface area contributed by atoms with Gasteiger partial charge in [0, 0.05) is 11.6 Å². The molecule has 1 heterocycles. The van der Waals surface area contributed by atoms with Crippen molar-refractivity contribution in [2.24, 2.45) is 0 Å². The van der Waals surface area contributed by atoms with Gasteiger partial charge in [0.05, 0.1) is 4.88 Å². The van der Waals surface area contributed by atoms with E-state index in [2.05, 4.69) is 6.07 Å². The Hall–Kier alpha value is -1.41. The van der Waals surface area contributed by atoms with Crippen LogP contribution in [0, 0.1) is 13.0 Å². The summed E-state index contributed by atoms with van der Waals surface area (Å²) < 4.78 is 0. The topological polar surface area (TPSA) is 17.1 Å². The van der Waals surface area contributed by atoms with Crippen LogP contribution in [-0.4, -0.2) is 5.78 Å². The van der Waals surface area contributed by atoms with Crippen molar-refractivity contribution in [2.75, 3.05) is 0 Å². The van der Waals surface area contributed by atoms with Crippen molar-refractivity contribution in [3.8, 4) is 0 Å². The van der Waals surface area contributed by atoms with Crippen LogP contribution in [0.3, 0.4) is 0 Å². The summed E-state index contributed by atoms with van der Waals surface area (Å²) in [6, 6.07) is 12.3. The van der Waals surface area contributed by atoms with Gasteiger partial charge in [0.1, 0.15) is 0 Å². The van der Waals surface area contributed by atoms with Crippen molar-refractivity contribution >= 4 is 17.1 Å². The molecule has 0 aliphatic carbocycles. The Morgan fingerprint density at radius 1 is 1.43 bits per heavy atom. The van der Waals surface area contributed by atoms with Crippen molar-refractivity contribution in [1.29, 1.82) is 0 Å². The molecule has 0 aliphatic heterocycles. The number of thiophene rings is 1. The van der Waals surface area contributed by atoms with Crippen LogP contribution in [0.1, 0.15) is 20.8 Å². The van der Waals surface area contributed by atoms with Crippen molar-refractivity contribution in [1.82, 2.24) is 0 Å². The predicted molar refractivity (Wildman–Crippen MR) is 57.8 cm³/mol. The maximum absolute atomic E-state index is 11.8. The predicted octanol–water partition coefficient (Wildman–Crippen LogP) is 3.09. The highest BCUT2D eigenvalue weighted by Gasteiger charge is 2.09. The molecule has 0 aliphatic rings. The highest BCUT2D eigenvalue weighted by atomic mass is 32.1. The van der Waals surface area contributed by atoms with Gasteiger partial charge in [0.15, 0.2) is 0 Å². The van der Waals surface area contributed by atoms with Crippen LogP contribution < -0.4 is 0 Å². The number of carbonyl (C=O) groups excluding carboxylic acids is 1. The van der Waals surface area contributed by atoms with Gasteiger partial charge in [-0.2, -0.15) is 0 Å². The van der Waals surface area contributed by atoms with Crippen molar-refractivity contribution in [2.45, 2.75) is 6.92 Å². The highest BCUT2D eigenvalue weighted by molar-refractivity contribution is 7.12. The van der Waals surface area contributed by atoms with Gasteiger partial charge in [-0.25, -0.2) is 0 Å². The van der Waals surface area contributed by atoms with E-state index in [0.717, 1.165) is 11.1 Å². The first-order valence-electron chi connectivity index (χ1n) is 4.34. The monoisotopic (exact) mass is 201 g/mol. The lowest BCUT2D eigenvalue weighted by Gasteiger charge is -1.98. The van der Waals surface area contributed by atoms with E-state index in [-0.39, 0.29) is 5.78 Å². The van der Waals surface area contributed by atoms with Crippen molar-refractivity contribution in [3.63, 3.8) is 0 Å². The lowest BCUT2D eigenvalue weighted by molar-refractivity contribution is 0.104. The molecular formula is C12H9OS. The molecule has 0 amide bonds. The second-order valence-electron chi connectivity index (χ2n) is 3.09. The average molecular weight is 201 g/mol. The zero-order valence-corrected chi connectivity index (χ0v) is 8.60. The van der Waals surface area contributed by atoms with Gasteiger partial charge in [0.2, 0.25) is 5.78 Å². The highest BCUT2D eigenvalue weighted by Crippen LogP contribution is 2.15. The Bertz CT molecular complexity index is 443. The van der Waals surface area contributed by atoms with Gasteiger partial charge < -0.3 is 0 Å². The molecule has 0 spiro atoms. The molecule has 2 rings (SSSR count). The minimum atomic E-state index is 0.0590. The Morgan fingerprint density at radius 2 is 2.29 bits per heavy atom. The molecule has 0 fully saturated rings. The summed E-state index contributed by atoms with van der Waals surface area (Å²) in [7, 11) is 0. The standard InChI is InChI=1S/C12H9OS/c1-9-4-2-5-10(8-9)12(13)11-6-3-7-14-11/h2-5,7-8H,1H3. The Morgan fingerprint density at radius 3 is 2.93 bits per heavy atom. The van der Waals surface area contributed by atoms with E-state index < -0.39 is 0 Å². The number of ketones is 1. The van der Waals surface area contributed by atoms with E-state index in [9.17, 15) is 4.79 Å². The third kappa shape index (κ3) is 1.75. The van der Waals surface area contributed by atoms with E-state index in [4.69, 9.17) is 0 Å². The first-order chi connectivity index (χ1) is 6.77. The van der Waals surface area contributed by atoms with E-state index >= 15 is 0 Å². The van der Waals surface area contributed by atoms with E-state index in [0.29, 0.717) is 4.88 Å². The average Bonchev–Trinajstić information content (AvgIpc) is 2.69. The SMILES string of the molecule is Cc1cccc(C(=O)c2[c]ccs2)c1. The number of rotatable bonds is 2. The molecule has 69 valence electrons. The van der Waals surface area contributed by atoms with Crippen LogP contribution in [0.4, 0.5) is 0 Å². The lowest BCUT2D eigenvalue weighted by Crippen LogP contribution is -1.98.